The van der Waals surface area contributed by atoms with Crippen molar-refractivity contribution in [2.75, 3.05) is 33.0 Å². The Balaban J connectivity index is 2.26. The number of hydrogen-bond donors (Lipinski definition) is 2. The molecule has 0 spiro atoms. The van der Waals surface area contributed by atoms with Gasteiger partial charge in [0, 0.05) is 32.3 Å². The van der Waals surface area contributed by atoms with Gasteiger partial charge in [0.1, 0.15) is 6.61 Å². The molecule has 1 rings (SSSR count). The molecule has 0 heterocycles. The highest BCUT2D eigenvalue weighted by atomic mass is 28.4. The van der Waals surface area contributed by atoms with Gasteiger partial charge in [0.05, 0.1) is 7.11 Å². The Morgan fingerprint density at radius 3 is 2.40 bits per heavy atom. The normalized spacial score (nSPS) is 13.4. The van der Waals surface area contributed by atoms with Gasteiger partial charge in [-0.2, -0.15) is 0 Å². The summed E-state index contributed by atoms with van der Waals surface area (Å²) in [5, 5.41) is 6.24. The second kappa shape index (κ2) is 13.4. The number of alkyl carbamates (subject to hydrolysis) is 1. The van der Waals surface area contributed by atoms with Crippen LogP contribution in [0.4, 0.5) is 4.79 Å². The van der Waals surface area contributed by atoms with E-state index >= 15 is 0 Å². The van der Waals surface area contributed by atoms with Crippen LogP contribution in [0.1, 0.15) is 45.6 Å². The Labute approximate surface area is 182 Å². The molecule has 0 saturated heterocycles. The van der Waals surface area contributed by atoms with Crippen LogP contribution in [0.15, 0.2) is 30.3 Å². The lowest BCUT2D eigenvalue weighted by Crippen LogP contribution is -2.53. The molecule has 0 radical (unpaired) electrons. The molecule has 1 amide bonds. The highest BCUT2D eigenvalue weighted by Crippen LogP contribution is 2.36. The first-order valence-corrected chi connectivity index (χ1v) is 13.2. The minimum absolute atomic E-state index is 0.0599. The highest BCUT2D eigenvalue weighted by Gasteiger charge is 2.41. The van der Waals surface area contributed by atoms with E-state index in [-0.39, 0.29) is 17.6 Å². The zero-order chi connectivity index (χ0) is 22.5. The first kappa shape index (κ1) is 26.1. The lowest BCUT2D eigenvalue weighted by molar-refractivity contribution is -0.140. The van der Waals surface area contributed by atoms with Crippen molar-refractivity contribution in [3.8, 4) is 0 Å². The fourth-order valence-electron chi connectivity index (χ4n) is 2.66. The number of esters is 1. The summed E-state index contributed by atoms with van der Waals surface area (Å²) < 4.78 is 16.2. The fourth-order valence-corrected chi connectivity index (χ4v) is 4.97. The molecule has 1 unspecified atom stereocenters. The van der Waals surface area contributed by atoms with Gasteiger partial charge in [-0.15, -0.1) is 0 Å². The van der Waals surface area contributed by atoms with Gasteiger partial charge in [-0.25, -0.2) is 4.79 Å². The van der Waals surface area contributed by atoms with Crippen LogP contribution in [0.5, 0.6) is 0 Å². The highest BCUT2D eigenvalue weighted by molar-refractivity contribution is 6.75. The second-order valence-corrected chi connectivity index (χ2v) is 13.1. The molecule has 1 aromatic rings. The predicted octanol–water partition coefficient (Wildman–Crippen LogP) is 3.78. The molecular formula is C22H38N2O5Si. The lowest BCUT2D eigenvalue weighted by atomic mass is 10.2. The van der Waals surface area contributed by atoms with E-state index in [0.717, 1.165) is 24.6 Å². The maximum atomic E-state index is 11.8. The topological polar surface area (TPSA) is 85.9 Å². The van der Waals surface area contributed by atoms with Crippen LogP contribution in [-0.4, -0.2) is 53.4 Å². The van der Waals surface area contributed by atoms with Crippen LogP contribution in [0.25, 0.3) is 0 Å². The predicted molar refractivity (Wildman–Crippen MR) is 121 cm³/mol. The molecule has 0 saturated carbocycles. The summed E-state index contributed by atoms with van der Waals surface area (Å²) in [6.45, 7) is 10.9. The van der Waals surface area contributed by atoms with Gasteiger partial charge in [0.25, 0.3) is 0 Å². The van der Waals surface area contributed by atoms with Crippen LogP contribution in [0, 0.1) is 0 Å². The minimum atomic E-state index is -2.04. The number of carbonyl (C=O) groups is 2. The van der Waals surface area contributed by atoms with Crippen molar-refractivity contribution < 1.29 is 23.5 Å². The maximum absolute atomic E-state index is 11.8. The first-order chi connectivity index (χ1) is 14.2. The quantitative estimate of drug-likeness (QED) is 0.277. The number of methoxy groups -OCH3 is 1. The Bertz CT molecular complexity index is 636. The Hall–Kier alpha value is -1.90. The van der Waals surface area contributed by atoms with Crippen LogP contribution >= 0.6 is 0 Å². The summed E-state index contributed by atoms with van der Waals surface area (Å²) in [4.78, 5) is 23.0. The molecule has 0 aliphatic carbocycles. The third-order valence-corrected chi connectivity index (χ3v) is 10.2. The zero-order valence-corrected chi connectivity index (χ0v) is 20.1. The van der Waals surface area contributed by atoms with Crippen LogP contribution in [0.2, 0.25) is 11.6 Å². The number of carbonyl (C=O) groups excluding carboxylic acids is 2. The Morgan fingerprint density at radius 1 is 1.07 bits per heavy atom. The van der Waals surface area contributed by atoms with Crippen LogP contribution < -0.4 is 10.6 Å². The molecule has 8 heteroatoms. The van der Waals surface area contributed by atoms with E-state index in [4.69, 9.17) is 9.16 Å². The Morgan fingerprint density at radius 2 is 1.77 bits per heavy atom. The van der Waals surface area contributed by atoms with Crippen molar-refractivity contribution in [1.29, 1.82) is 0 Å². The number of ether oxygens (including phenoxy) is 2. The van der Waals surface area contributed by atoms with E-state index in [1.165, 1.54) is 7.11 Å². The molecule has 0 fully saturated rings. The molecule has 170 valence electrons. The summed E-state index contributed by atoms with van der Waals surface area (Å²) >= 11 is 0. The molecule has 0 aliphatic rings. The van der Waals surface area contributed by atoms with Crippen LogP contribution in [-0.2, 0) is 25.3 Å². The van der Waals surface area contributed by atoms with Gasteiger partial charge in [0.15, 0.2) is 0 Å². The van der Waals surface area contributed by atoms with Gasteiger partial charge >= 0.3 is 12.1 Å². The van der Waals surface area contributed by atoms with Crippen molar-refractivity contribution in [2.45, 2.75) is 58.2 Å². The summed E-state index contributed by atoms with van der Waals surface area (Å²) in [6, 6.07) is 9.59. The van der Waals surface area contributed by atoms with E-state index in [9.17, 15) is 9.59 Å². The molecule has 7 nitrogen and oxygen atoms in total. The standard InChI is InChI=1S/C22H38N2O5Si/c1-22(2,3)30(5,29-16-10-9-13-20(25)27-4)18-23-14-15-24-21(26)28-17-19-11-7-6-8-12-19/h6-8,11-12,23H,9-10,13-18H2,1-5H3,(H,24,26). The van der Waals surface area contributed by atoms with Crippen molar-refractivity contribution in [3.63, 3.8) is 0 Å². The van der Waals surface area contributed by atoms with Gasteiger partial charge in [0.2, 0.25) is 8.32 Å². The summed E-state index contributed by atoms with van der Waals surface area (Å²) in [6.07, 6.45) is 2.40. The van der Waals surface area contributed by atoms with Gasteiger partial charge in [-0.05, 0) is 30.0 Å². The molecule has 0 aliphatic heterocycles. The SMILES string of the molecule is COC(=O)CCCCO[Si](C)(CNCCNC(=O)OCc1ccccc1)C(C)(C)C. The van der Waals surface area contributed by atoms with E-state index < -0.39 is 14.4 Å². The number of benzene rings is 1. The van der Waals surface area contributed by atoms with Crippen molar-refractivity contribution in [3.05, 3.63) is 35.9 Å². The number of unbranched alkanes of at least 4 members (excludes halogenated alkanes) is 1. The summed E-state index contributed by atoms with van der Waals surface area (Å²) in [5.74, 6) is -0.178. The Kier molecular flexibility index (Phi) is 11.7. The van der Waals surface area contributed by atoms with Crippen molar-refractivity contribution >= 4 is 20.4 Å². The van der Waals surface area contributed by atoms with E-state index in [2.05, 4.69) is 42.7 Å². The molecule has 0 bridgehead atoms. The number of nitrogens with one attached hydrogen (secondary N) is 2. The smallest absolute Gasteiger partial charge is 0.407 e. The fraction of sp³-hybridized carbons (Fsp3) is 0.636. The average Bonchev–Trinajstić information content (AvgIpc) is 2.71. The largest absolute Gasteiger partial charge is 0.469 e. The van der Waals surface area contributed by atoms with Crippen LogP contribution in [0.3, 0.4) is 0 Å². The van der Waals surface area contributed by atoms with Gasteiger partial charge < -0.3 is 24.5 Å². The summed E-state index contributed by atoms with van der Waals surface area (Å²) in [7, 11) is -0.636. The monoisotopic (exact) mass is 438 g/mol. The van der Waals surface area contributed by atoms with Gasteiger partial charge in [-0.1, -0.05) is 51.1 Å². The number of hydrogen-bond acceptors (Lipinski definition) is 6. The third-order valence-electron chi connectivity index (χ3n) is 5.26. The molecule has 1 aromatic carbocycles. The van der Waals surface area contributed by atoms with Crippen molar-refractivity contribution in [2.24, 2.45) is 0 Å². The molecule has 2 N–H and O–H groups in total. The molecule has 30 heavy (non-hydrogen) atoms. The minimum Gasteiger partial charge on any atom is -0.469 e. The maximum Gasteiger partial charge on any atom is 0.407 e. The van der Waals surface area contributed by atoms with Gasteiger partial charge in [-0.3, -0.25) is 4.79 Å². The third kappa shape index (κ3) is 10.2. The van der Waals surface area contributed by atoms with E-state index in [1.54, 1.807) is 0 Å². The number of rotatable bonds is 13. The first-order valence-electron chi connectivity index (χ1n) is 10.5. The lowest BCUT2D eigenvalue weighted by Gasteiger charge is -2.39. The van der Waals surface area contributed by atoms with E-state index in [1.807, 2.05) is 30.3 Å². The van der Waals surface area contributed by atoms with Crippen molar-refractivity contribution in [1.82, 2.24) is 10.6 Å². The summed E-state index contributed by atoms with van der Waals surface area (Å²) in [5.41, 5.74) is 0.960. The zero-order valence-electron chi connectivity index (χ0n) is 19.1. The van der Waals surface area contributed by atoms with E-state index in [0.29, 0.717) is 26.1 Å². The molecular weight excluding hydrogens is 400 g/mol. The second-order valence-electron chi connectivity index (χ2n) is 8.53. The molecule has 1 atom stereocenters. The molecule has 0 aromatic heterocycles. The average molecular weight is 439 g/mol. The number of amides is 1.